The summed E-state index contributed by atoms with van der Waals surface area (Å²) in [7, 11) is 1.27. The highest BCUT2D eigenvalue weighted by Crippen LogP contribution is 2.28. The first-order chi connectivity index (χ1) is 11.1. The van der Waals surface area contributed by atoms with Crippen LogP contribution in [0.15, 0.2) is 36.4 Å². The molecule has 0 bridgehead atoms. The Balaban J connectivity index is 2.49. The first-order valence-electron chi connectivity index (χ1n) is 6.71. The number of carboxylic acid groups (broad SMARTS) is 1. The second-order valence-electron chi connectivity index (χ2n) is 4.63. The molecular weight excluding hydrogens is 298 g/mol. The second-order valence-corrected chi connectivity index (χ2v) is 4.63. The van der Waals surface area contributed by atoms with Gasteiger partial charge in [-0.25, -0.2) is 4.79 Å². The van der Waals surface area contributed by atoms with Crippen molar-refractivity contribution in [1.29, 1.82) is 0 Å². The number of benzene rings is 2. The van der Waals surface area contributed by atoms with E-state index in [0.717, 1.165) is 10.8 Å². The van der Waals surface area contributed by atoms with Crippen molar-refractivity contribution in [3.8, 4) is 12.3 Å². The number of hydrogen-bond donors (Lipinski definition) is 0. The third-order valence-electron chi connectivity index (χ3n) is 3.22. The van der Waals surface area contributed by atoms with Crippen molar-refractivity contribution in [1.82, 2.24) is 0 Å². The molecule has 0 saturated carbocycles. The molecule has 1 amide bonds. The number of ether oxygens (including phenoxy) is 2. The third-order valence-corrected chi connectivity index (χ3v) is 3.22. The van der Waals surface area contributed by atoms with Crippen molar-refractivity contribution in [2.24, 2.45) is 0 Å². The van der Waals surface area contributed by atoms with E-state index in [1.165, 1.54) is 12.0 Å². The first kappa shape index (κ1) is 16.2. The Hall–Kier alpha value is -3.20. The van der Waals surface area contributed by atoms with Crippen LogP contribution in [0.5, 0.6) is 0 Å². The van der Waals surface area contributed by atoms with Crippen LogP contribution in [0, 0.1) is 12.3 Å². The largest absolute Gasteiger partial charge is 0.545 e. The molecule has 0 aromatic heterocycles. The van der Waals surface area contributed by atoms with Crippen molar-refractivity contribution >= 4 is 28.7 Å². The summed E-state index contributed by atoms with van der Waals surface area (Å²) < 4.78 is 9.22. The predicted octanol–water partition coefficient (Wildman–Crippen LogP) is 1.91. The van der Waals surface area contributed by atoms with Gasteiger partial charge in [0.1, 0.15) is 0 Å². The van der Waals surface area contributed by atoms with E-state index < -0.39 is 12.2 Å². The van der Waals surface area contributed by atoms with Gasteiger partial charge in [-0.1, -0.05) is 30.2 Å². The van der Waals surface area contributed by atoms with E-state index in [1.807, 2.05) is 6.07 Å². The minimum absolute atomic E-state index is 0.0472. The van der Waals surface area contributed by atoms with Crippen LogP contribution in [0.1, 0.15) is 5.56 Å². The van der Waals surface area contributed by atoms with Gasteiger partial charge < -0.3 is 19.4 Å². The lowest BCUT2D eigenvalue weighted by Crippen LogP contribution is -2.31. The number of hydrogen-bond acceptors (Lipinski definition) is 5. The topological polar surface area (TPSA) is 78.9 Å². The Bertz CT molecular complexity index is 778. The summed E-state index contributed by atoms with van der Waals surface area (Å²) in [4.78, 5) is 23.7. The Labute approximate surface area is 133 Å². The molecule has 0 aliphatic carbocycles. The number of fused-ring (bicyclic) bond motifs is 1. The summed E-state index contributed by atoms with van der Waals surface area (Å²) in [5, 5.41) is 12.0. The van der Waals surface area contributed by atoms with Gasteiger partial charge in [0.15, 0.2) is 0 Å². The number of anilines is 1. The number of amides is 1. The van der Waals surface area contributed by atoms with Crippen LogP contribution in [0.25, 0.3) is 10.8 Å². The minimum Gasteiger partial charge on any atom is -0.545 e. The fourth-order valence-corrected chi connectivity index (χ4v) is 2.22. The number of nitrogens with zero attached hydrogens (tertiary/aromatic N) is 1. The zero-order valence-electron chi connectivity index (χ0n) is 12.4. The van der Waals surface area contributed by atoms with Crippen LogP contribution in [0.4, 0.5) is 15.3 Å². The molecule has 2 aromatic carbocycles. The van der Waals surface area contributed by atoms with Crippen LogP contribution in [0.2, 0.25) is 0 Å². The van der Waals surface area contributed by atoms with Crippen LogP contribution in [-0.2, 0) is 16.1 Å². The average molecular weight is 312 g/mol. The molecule has 0 aliphatic heterocycles. The maximum atomic E-state index is 11.9. The van der Waals surface area contributed by atoms with Crippen molar-refractivity contribution in [3.63, 3.8) is 0 Å². The van der Waals surface area contributed by atoms with E-state index in [4.69, 9.17) is 11.2 Å². The quantitative estimate of drug-likeness (QED) is 0.636. The molecule has 2 aromatic rings. The van der Waals surface area contributed by atoms with Crippen molar-refractivity contribution < 1.29 is 24.2 Å². The number of carbonyl (C=O) groups is 2. The molecular formula is C17H14NO5-. The third kappa shape index (κ3) is 3.71. The molecule has 2 rings (SSSR count). The fraction of sp³-hybridized carbons (Fsp3) is 0.176. The first-order valence-corrected chi connectivity index (χ1v) is 6.71. The smallest absolute Gasteiger partial charge is 0.414 e. The molecule has 0 fully saturated rings. The van der Waals surface area contributed by atoms with Gasteiger partial charge in [0.2, 0.25) is 0 Å². The molecule has 0 heterocycles. The Morgan fingerprint density at radius 1 is 1.30 bits per heavy atom. The van der Waals surface area contributed by atoms with Gasteiger partial charge in [-0.05, 0) is 23.1 Å². The van der Waals surface area contributed by atoms with Gasteiger partial charge in [-0.2, -0.15) is 0 Å². The van der Waals surface area contributed by atoms with Gasteiger partial charge >= 0.3 is 6.09 Å². The lowest BCUT2D eigenvalue weighted by molar-refractivity contribution is -0.284. The van der Waals surface area contributed by atoms with Gasteiger partial charge in [0.05, 0.1) is 25.9 Å². The Morgan fingerprint density at radius 3 is 2.74 bits per heavy atom. The maximum Gasteiger partial charge on any atom is 0.414 e. The molecule has 0 atom stereocenters. The molecule has 0 N–H and O–H groups in total. The fourth-order valence-electron chi connectivity index (χ4n) is 2.22. The molecule has 118 valence electrons. The average Bonchev–Trinajstić information content (AvgIpc) is 2.56. The molecule has 6 nitrogen and oxygen atoms in total. The zero-order chi connectivity index (χ0) is 16.8. The SMILES string of the molecule is C#CCN(C(=O)OC)c1cccc2ccc(COC(=O)[O-])cc12. The molecule has 0 aliphatic rings. The van der Waals surface area contributed by atoms with E-state index in [9.17, 15) is 14.7 Å². The van der Waals surface area contributed by atoms with Gasteiger partial charge in [-0.15, -0.1) is 6.42 Å². The van der Waals surface area contributed by atoms with E-state index >= 15 is 0 Å². The zero-order valence-corrected chi connectivity index (χ0v) is 12.4. The molecule has 6 heteroatoms. The molecule has 0 saturated heterocycles. The maximum absolute atomic E-state index is 11.9. The van der Waals surface area contributed by atoms with Crippen molar-refractivity contribution in [2.75, 3.05) is 18.6 Å². The summed E-state index contributed by atoms with van der Waals surface area (Å²) in [6.07, 6.45) is 3.15. The molecule has 0 unspecified atom stereocenters. The van der Waals surface area contributed by atoms with Crippen LogP contribution in [-0.4, -0.2) is 25.9 Å². The highest BCUT2D eigenvalue weighted by atomic mass is 16.7. The van der Waals surface area contributed by atoms with E-state index in [2.05, 4.69) is 10.7 Å². The normalized spacial score (nSPS) is 9.91. The Morgan fingerprint density at radius 2 is 2.09 bits per heavy atom. The summed E-state index contributed by atoms with van der Waals surface area (Å²) in [6, 6.07) is 10.7. The van der Waals surface area contributed by atoms with E-state index in [1.54, 1.807) is 30.3 Å². The highest BCUT2D eigenvalue weighted by Gasteiger charge is 2.17. The second kappa shape index (κ2) is 7.18. The number of carbonyl (C=O) groups excluding carboxylic acids is 2. The summed E-state index contributed by atoms with van der Waals surface area (Å²) in [5.41, 5.74) is 1.20. The Kier molecular flexibility index (Phi) is 5.05. The lowest BCUT2D eigenvalue weighted by atomic mass is 10.0. The minimum atomic E-state index is -1.60. The number of methoxy groups -OCH3 is 1. The van der Waals surface area contributed by atoms with Crippen molar-refractivity contribution in [2.45, 2.75) is 6.61 Å². The van der Waals surface area contributed by atoms with Crippen LogP contribution >= 0.6 is 0 Å². The van der Waals surface area contributed by atoms with E-state index in [0.29, 0.717) is 11.3 Å². The number of rotatable bonds is 4. The van der Waals surface area contributed by atoms with Gasteiger partial charge in [-0.3, -0.25) is 4.90 Å². The van der Waals surface area contributed by atoms with Gasteiger partial charge in [0.25, 0.3) is 6.16 Å². The molecule has 0 radical (unpaired) electrons. The summed E-state index contributed by atoms with van der Waals surface area (Å²) in [5.74, 6) is 2.42. The molecule has 23 heavy (non-hydrogen) atoms. The molecule has 0 spiro atoms. The summed E-state index contributed by atoms with van der Waals surface area (Å²) >= 11 is 0. The van der Waals surface area contributed by atoms with Crippen LogP contribution < -0.4 is 10.0 Å². The van der Waals surface area contributed by atoms with E-state index in [-0.39, 0.29) is 13.2 Å². The lowest BCUT2D eigenvalue weighted by Gasteiger charge is -2.21. The van der Waals surface area contributed by atoms with Gasteiger partial charge in [0, 0.05) is 5.39 Å². The van der Waals surface area contributed by atoms with Crippen LogP contribution in [0.3, 0.4) is 0 Å². The highest BCUT2D eigenvalue weighted by molar-refractivity contribution is 6.02. The van der Waals surface area contributed by atoms with Crippen molar-refractivity contribution in [3.05, 3.63) is 42.0 Å². The summed E-state index contributed by atoms with van der Waals surface area (Å²) in [6.45, 7) is -0.0917. The predicted molar refractivity (Wildman–Crippen MR) is 82.7 cm³/mol. The standard InChI is InChI=1S/C17H15NO5/c1-3-9-18(16(19)22-2)15-6-4-5-13-8-7-12(10-14(13)15)11-23-17(20)21/h1,4-8,10H,9,11H2,2H3,(H,20,21)/p-1. The number of terminal acetylenes is 1. The monoisotopic (exact) mass is 312 g/mol.